The van der Waals surface area contributed by atoms with E-state index in [0.717, 1.165) is 31.9 Å². The van der Waals surface area contributed by atoms with Gasteiger partial charge in [-0.2, -0.15) is 0 Å². The van der Waals surface area contributed by atoms with Gasteiger partial charge in [0.1, 0.15) is 0 Å². The van der Waals surface area contributed by atoms with Gasteiger partial charge in [-0.3, -0.25) is 15.1 Å². The molecule has 1 fully saturated rings. The largest absolute Gasteiger partial charge is 0.379 e. The summed E-state index contributed by atoms with van der Waals surface area (Å²) in [6.45, 7) is 5.48. The molecule has 1 heterocycles. The highest BCUT2D eigenvalue weighted by Crippen LogP contribution is 2.16. The van der Waals surface area contributed by atoms with Crippen molar-refractivity contribution in [2.24, 2.45) is 5.84 Å². The van der Waals surface area contributed by atoms with Gasteiger partial charge in [0.25, 0.3) is 0 Å². The van der Waals surface area contributed by atoms with Crippen molar-refractivity contribution in [3.8, 4) is 0 Å². The van der Waals surface area contributed by atoms with E-state index >= 15 is 0 Å². The second-order valence-corrected chi connectivity index (χ2v) is 4.91. The number of carbonyl (C=O) groups is 1. The van der Waals surface area contributed by atoms with E-state index in [-0.39, 0.29) is 5.91 Å². The molecular weight excluding hydrogens is 242 g/mol. The number of nitrogens with one attached hydrogen (secondary N) is 1. The van der Waals surface area contributed by atoms with Crippen LogP contribution < -0.4 is 11.3 Å². The van der Waals surface area contributed by atoms with Crippen LogP contribution in [0.4, 0.5) is 0 Å². The van der Waals surface area contributed by atoms with E-state index in [9.17, 15) is 4.79 Å². The highest BCUT2D eigenvalue weighted by molar-refractivity contribution is 5.78. The van der Waals surface area contributed by atoms with Gasteiger partial charge in [0.2, 0.25) is 5.91 Å². The van der Waals surface area contributed by atoms with E-state index in [2.05, 4.69) is 23.3 Å². The van der Waals surface area contributed by atoms with Crippen LogP contribution in [0.15, 0.2) is 24.3 Å². The van der Waals surface area contributed by atoms with Crippen LogP contribution in [0.1, 0.15) is 18.1 Å². The monoisotopic (exact) mass is 263 g/mol. The van der Waals surface area contributed by atoms with Gasteiger partial charge in [0.05, 0.1) is 19.6 Å². The molecule has 2 rings (SSSR count). The van der Waals surface area contributed by atoms with Crippen LogP contribution in [0.2, 0.25) is 0 Å². The topological polar surface area (TPSA) is 67.6 Å². The van der Waals surface area contributed by atoms with Gasteiger partial charge in [-0.15, -0.1) is 0 Å². The minimum atomic E-state index is -0.164. The Labute approximate surface area is 113 Å². The van der Waals surface area contributed by atoms with Crippen LogP contribution >= 0.6 is 0 Å². The standard InChI is InChI=1S/C14H21N3O2/c1-11-10-19-7-6-17(11)9-13-5-3-2-4-12(13)8-14(18)16-15/h2-5,11H,6-10,15H2,1H3,(H,16,18). The van der Waals surface area contributed by atoms with Crippen molar-refractivity contribution in [2.75, 3.05) is 19.8 Å². The second-order valence-electron chi connectivity index (χ2n) is 4.91. The average Bonchev–Trinajstić information content (AvgIpc) is 2.43. The van der Waals surface area contributed by atoms with E-state index < -0.39 is 0 Å². The molecular formula is C14H21N3O2. The normalized spacial score (nSPS) is 20.2. The number of amides is 1. The Morgan fingerprint density at radius 2 is 2.21 bits per heavy atom. The molecule has 0 radical (unpaired) electrons. The Balaban J connectivity index is 2.08. The van der Waals surface area contributed by atoms with Crippen molar-refractivity contribution in [3.63, 3.8) is 0 Å². The third kappa shape index (κ3) is 3.76. The Hall–Kier alpha value is -1.43. The smallest absolute Gasteiger partial charge is 0.238 e. The van der Waals surface area contributed by atoms with Gasteiger partial charge in [-0.1, -0.05) is 24.3 Å². The first kappa shape index (κ1) is 14.0. The van der Waals surface area contributed by atoms with Gasteiger partial charge in [0.15, 0.2) is 0 Å². The van der Waals surface area contributed by atoms with Crippen LogP contribution in [0, 0.1) is 0 Å². The minimum absolute atomic E-state index is 0.164. The minimum Gasteiger partial charge on any atom is -0.379 e. The molecule has 1 aliphatic rings. The molecule has 0 saturated carbocycles. The molecule has 1 aliphatic heterocycles. The van der Waals surface area contributed by atoms with Crippen molar-refractivity contribution in [3.05, 3.63) is 35.4 Å². The number of hydrogen-bond donors (Lipinski definition) is 2. The Bertz CT molecular complexity index is 436. The number of nitrogens with two attached hydrogens (primary N) is 1. The number of carbonyl (C=O) groups excluding carboxylic acids is 1. The Kier molecular flexibility index (Phi) is 4.90. The summed E-state index contributed by atoms with van der Waals surface area (Å²) in [7, 11) is 0. The molecule has 1 amide bonds. The lowest BCUT2D eigenvalue weighted by Gasteiger charge is -2.33. The lowest BCUT2D eigenvalue weighted by Crippen LogP contribution is -2.43. The molecule has 5 heteroatoms. The molecule has 1 aromatic carbocycles. The van der Waals surface area contributed by atoms with Crippen LogP contribution in [0.5, 0.6) is 0 Å². The van der Waals surface area contributed by atoms with Crippen LogP contribution in [0.25, 0.3) is 0 Å². The summed E-state index contributed by atoms with van der Waals surface area (Å²) in [5, 5.41) is 0. The summed E-state index contributed by atoms with van der Waals surface area (Å²) >= 11 is 0. The van der Waals surface area contributed by atoms with Crippen molar-refractivity contribution in [2.45, 2.75) is 25.9 Å². The summed E-state index contributed by atoms with van der Waals surface area (Å²) in [6, 6.07) is 8.41. The molecule has 5 nitrogen and oxygen atoms in total. The molecule has 0 aromatic heterocycles. The quantitative estimate of drug-likeness (QED) is 0.470. The maximum Gasteiger partial charge on any atom is 0.238 e. The summed E-state index contributed by atoms with van der Waals surface area (Å²) in [4.78, 5) is 13.8. The zero-order chi connectivity index (χ0) is 13.7. The SMILES string of the molecule is CC1COCCN1Cc1ccccc1CC(=O)NN. The molecule has 0 spiro atoms. The fraction of sp³-hybridized carbons (Fsp3) is 0.500. The summed E-state index contributed by atoms with van der Waals surface area (Å²) in [6.07, 6.45) is 0.325. The molecule has 3 N–H and O–H groups in total. The lowest BCUT2D eigenvalue weighted by atomic mass is 10.0. The lowest BCUT2D eigenvalue weighted by molar-refractivity contribution is -0.120. The predicted octanol–water partition coefficient (Wildman–Crippen LogP) is 0.440. The third-order valence-electron chi connectivity index (χ3n) is 3.51. The van der Waals surface area contributed by atoms with Crippen LogP contribution in [-0.2, 0) is 22.5 Å². The van der Waals surface area contributed by atoms with Crippen molar-refractivity contribution >= 4 is 5.91 Å². The van der Waals surface area contributed by atoms with Crippen molar-refractivity contribution in [1.29, 1.82) is 0 Å². The number of ether oxygens (including phenoxy) is 1. The molecule has 1 saturated heterocycles. The Morgan fingerprint density at radius 3 is 2.89 bits per heavy atom. The van der Waals surface area contributed by atoms with Crippen LogP contribution in [0.3, 0.4) is 0 Å². The van der Waals surface area contributed by atoms with Gasteiger partial charge >= 0.3 is 0 Å². The second kappa shape index (κ2) is 6.65. The molecule has 19 heavy (non-hydrogen) atoms. The molecule has 1 aromatic rings. The number of morpholine rings is 1. The average molecular weight is 263 g/mol. The first-order valence-corrected chi connectivity index (χ1v) is 6.58. The van der Waals surface area contributed by atoms with Gasteiger partial charge in [-0.25, -0.2) is 5.84 Å². The van der Waals surface area contributed by atoms with E-state index in [1.807, 2.05) is 18.2 Å². The fourth-order valence-electron chi connectivity index (χ4n) is 2.32. The highest BCUT2D eigenvalue weighted by Gasteiger charge is 2.19. The number of hydrogen-bond acceptors (Lipinski definition) is 4. The fourth-order valence-corrected chi connectivity index (χ4v) is 2.32. The number of benzene rings is 1. The van der Waals surface area contributed by atoms with Crippen LogP contribution in [-0.4, -0.2) is 36.6 Å². The van der Waals surface area contributed by atoms with E-state index in [1.54, 1.807) is 0 Å². The number of nitrogens with zero attached hydrogens (tertiary/aromatic N) is 1. The molecule has 0 bridgehead atoms. The van der Waals surface area contributed by atoms with Crippen molar-refractivity contribution < 1.29 is 9.53 Å². The Morgan fingerprint density at radius 1 is 1.47 bits per heavy atom. The maximum absolute atomic E-state index is 11.4. The molecule has 1 atom stereocenters. The number of hydrazine groups is 1. The van der Waals surface area contributed by atoms with E-state index in [0.29, 0.717) is 12.5 Å². The van der Waals surface area contributed by atoms with E-state index in [1.165, 1.54) is 5.56 Å². The summed E-state index contributed by atoms with van der Waals surface area (Å²) in [5.74, 6) is 4.99. The molecule has 0 aliphatic carbocycles. The first-order valence-electron chi connectivity index (χ1n) is 6.58. The summed E-state index contributed by atoms with van der Waals surface area (Å²) < 4.78 is 5.44. The molecule has 1 unspecified atom stereocenters. The number of rotatable bonds is 4. The van der Waals surface area contributed by atoms with Gasteiger partial charge in [0, 0.05) is 19.1 Å². The first-order chi connectivity index (χ1) is 9.20. The van der Waals surface area contributed by atoms with Crippen molar-refractivity contribution in [1.82, 2.24) is 10.3 Å². The zero-order valence-corrected chi connectivity index (χ0v) is 11.3. The zero-order valence-electron chi connectivity index (χ0n) is 11.3. The van der Waals surface area contributed by atoms with Gasteiger partial charge in [-0.05, 0) is 18.1 Å². The third-order valence-corrected chi connectivity index (χ3v) is 3.51. The summed E-state index contributed by atoms with van der Waals surface area (Å²) in [5.41, 5.74) is 4.39. The maximum atomic E-state index is 11.4. The van der Waals surface area contributed by atoms with Gasteiger partial charge < -0.3 is 4.74 Å². The van der Waals surface area contributed by atoms with E-state index in [4.69, 9.17) is 10.6 Å². The highest BCUT2D eigenvalue weighted by atomic mass is 16.5. The predicted molar refractivity (Wildman–Crippen MR) is 73.2 cm³/mol. The molecule has 104 valence electrons.